The third-order valence-electron chi connectivity index (χ3n) is 3.65. The Bertz CT molecular complexity index is 610. The van der Waals surface area contributed by atoms with Crippen LogP contribution < -0.4 is 5.56 Å². The lowest BCUT2D eigenvalue weighted by atomic mass is 9.75. The van der Waals surface area contributed by atoms with Crippen LogP contribution in [0.4, 0.5) is 0 Å². The molecule has 0 radical (unpaired) electrons. The second kappa shape index (κ2) is 3.85. The lowest BCUT2D eigenvalue weighted by molar-refractivity contribution is 0.0395. The molecule has 0 spiro atoms. The predicted molar refractivity (Wildman–Crippen MR) is 68.6 cm³/mol. The molecule has 2 aromatic rings. The first-order valence-electron chi connectivity index (χ1n) is 6.13. The van der Waals surface area contributed by atoms with Crippen LogP contribution in [0.1, 0.15) is 36.1 Å². The maximum Gasteiger partial charge on any atom is 0.267 e. The Labute approximate surface area is 105 Å². The highest BCUT2D eigenvalue weighted by molar-refractivity contribution is 5.37. The quantitative estimate of drug-likeness (QED) is 0.712. The number of aliphatic hydroxyl groups is 1. The monoisotopic (exact) mass is 244 g/mol. The van der Waals surface area contributed by atoms with E-state index in [1.807, 2.05) is 37.3 Å². The van der Waals surface area contributed by atoms with Gasteiger partial charge in [-0.3, -0.25) is 9.89 Å². The van der Waals surface area contributed by atoms with Crippen LogP contribution in [0.5, 0.6) is 0 Å². The Morgan fingerprint density at radius 3 is 2.72 bits per heavy atom. The van der Waals surface area contributed by atoms with Crippen molar-refractivity contribution in [3.63, 3.8) is 0 Å². The Morgan fingerprint density at radius 2 is 2.00 bits per heavy atom. The van der Waals surface area contributed by atoms with Gasteiger partial charge in [0.1, 0.15) is 0 Å². The van der Waals surface area contributed by atoms with Crippen molar-refractivity contribution in [2.45, 2.75) is 31.3 Å². The molecule has 0 amide bonds. The average Bonchev–Trinajstić information content (AvgIpc) is 2.69. The number of hydrogen-bond donors (Lipinski definition) is 3. The number of hydrogen-bond acceptors (Lipinski definition) is 2. The van der Waals surface area contributed by atoms with Gasteiger partial charge in [0.25, 0.3) is 5.56 Å². The number of aromatic nitrogens is 2. The van der Waals surface area contributed by atoms with E-state index in [0.717, 1.165) is 16.8 Å². The molecule has 4 nitrogen and oxygen atoms in total. The largest absolute Gasteiger partial charge is 0.390 e. The summed E-state index contributed by atoms with van der Waals surface area (Å²) >= 11 is 0. The van der Waals surface area contributed by atoms with Gasteiger partial charge < -0.3 is 10.2 Å². The van der Waals surface area contributed by atoms with Crippen LogP contribution in [-0.2, 0) is 6.42 Å². The van der Waals surface area contributed by atoms with Crippen molar-refractivity contribution in [1.82, 2.24) is 10.2 Å². The van der Waals surface area contributed by atoms with Crippen LogP contribution in [0.3, 0.4) is 0 Å². The summed E-state index contributed by atoms with van der Waals surface area (Å²) in [5.41, 5.74) is 1.81. The highest BCUT2D eigenvalue weighted by Crippen LogP contribution is 2.38. The molecule has 1 heterocycles. The van der Waals surface area contributed by atoms with Crippen LogP contribution >= 0.6 is 0 Å². The average molecular weight is 244 g/mol. The molecule has 3 N–H and O–H groups in total. The van der Waals surface area contributed by atoms with E-state index < -0.39 is 5.60 Å². The molecule has 1 aromatic carbocycles. The van der Waals surface area contributed by atoms with Gasteiger partial charge in [-0.15, -0.1) is 0 Å². The molecule has 3 rings (SSSR count). The van der Waals surface area contributed by atoms with E-state index in [2.05, 4.69) is 10.2 Å². The summed E-state index contributed by atoms with van der Waals surface area (Å²) in [4.78, 5) is 11.9. The van der Waals surface area contributed by atoms with Crippen molar-refractivity contribution >= 4 is 0 Å². The van der Waals surface area contributed by atoms with Gasteiger partial charge in [-0.25, -0.2) is 0 Å². The van der Waals surface area contributed by atoms with Gasteiger partial charge in [-0.1, -0.05) is 30.3 Å². The topological polar surface area (TPSA) is 68.9 Å². The number of rotatable bonds is 1. The lowest BCUT2D eigenvalue weighted by Crippen LogP contribution is -2.36. The van der Waals surface area contributed by atoms with Crippen LogP contribution in [-0.4, -0.2) is 20.9 Å². The standard InChI is InChI=1S/C14H16N2O2/c1-14(18)7-10(9-5-3-2-4-6-9)12-11(8-14)15-16-13(12)17/h2-6,10,18H,7-8H2,1H3,(H2,15,16,17)/t10-,14+/m0/s1. The summed E-state index contributed by atoms with van der Waals surface area (Å²) in [5, 5.41) is 15.8. The van der Waals surface area contributed by atoms with Crippen LogP contribution in [0, 0.1) is 0 Å². The second-order valence-corrected chi connectivity index (χ2v) is 5.31. The van der Waals surface area contributed by atoms with Crippen molar-refractivity contribution in [2.75, 3.05) is 0 Å². The Hall–Kier alpha value is -1.81. The molecule has 18 heavy (non-hydrogen) atoms. The van der Waals surface area contributed by atoms with Crippen molar-refractivity contribution in [3.05, 3.63) is 57.5 Å². The SMILES string of the molecule is C[C@]1(O)Cc2[nH][nH]c(=O)c2[C@H](c2ccccc2)C1. The predicted octanol–water partition coefficient (Wildman–Crippen LogP) is 1.53. The minimum Gasteiger partial charge on any atom is -0.390 e. The molecule has 0 bridgehead atoms. The van der Waals surface area contributed by atoms with E-state index in [9.17, 15) is 9.90 Å². The number of nitrogens with one attached hydrogen (secondary N) is 2. The zero-order valence-electron chi connectivity index (χ0n) is 10.2. The molecular formula is C14H16N2O2. The van der Waals surface area contributed by atoms with Crippen LogP contribution in [0.25, 0.3) is 0 Å². The Kier molecular flexibility index (Phi) is 2.41. The third-order valence-corrected chi connectivity index (χ3v) is 3.65. The first kappa shape index (κ1) is 11.3. The summed E-state index contributed by atoms with van der Waals surface area (Å²) in [7, 11) is 0. The van der Waals surface area contributed by atoms with Crippen LogP contribution in [0.2, 0.25) is 0 Å². The number of benzene rings is 1. The first-order valence-corrected chi connectivity index (χ1v) is 6.13. The highest BCUT2D eigenvalue weighted by Gasteiger charge is 2.37. The molecule has 4 heteroatoms. The smallest absolute Gasteiger partial charge is 0.267 e. The molecule has 1 aliphatic carbocycles. The summed E-state index contributed by atoms with van der Waals surface area (Å²) in [6.07, 6.45) is 1.06. The molecule has 1 aliphatic rings. The van der Waals surface area contributed by atoms with E-state index in [0.29, 0.717) is 12.8 Å². The molecule has 0 fully saturated rings. The number of aromatic amines is 2. The van der Waals surface area contributed by atoms with Crippen molar-refractivity contribution in [2.24, 2.45) is 0 Å². The summed E-state index contributed by atoms with van der Waals surface area (Å²) in [6, 6.07) is 9.87. The van der Waals surface area contributed by atoms with Gasteiger partial charge in [-0.2, -0.15) is 0 Å². The molecular weight excluding hydrogens is 228 g/mol. The van der Waals surface area contributed by atoms with Gasteiger partial charge in [0.15, 0.2) is 0 Å². The van der Waals surface area contributed by atoms with E-state index in [4.69, 9.17) is 0 Å². The molecule has 94 valence electrons. The fraction of sp³-hybridized carbons (Fsp3) is 0.357. The molecule has 0 unspecified atom stereocenters. The van der Waals surface area contributed by atoms with Gasteiger partial charge in [0.2, 0.25) is 0 Å². The molecule has 0 saturated carbocycles. The van der Waals surface area contributed by atoms with Crippen molar-refractivity contribution < 1.29 is 5.11 Å². The Balaban J connectivity index is 2.15. The third kappa shape index (κ3) is 1.78. The summed E-state index contributed by atoms with van der Waals surface area (Å²) in [5.74, 6) is -0.0417. The fourth-order valence-corrected chi connectivity index (χ4v) is 2.88. The van der Waals surface area contributed by atoms with E-state index in [-0.39, 0.29) is 11.5 Å². The second-order valence-electron chi connectivity index (χ2n) is 5.31. The maximum atomic E-state index is 11.9. The molecule has 2 atom stereocenters. The first-order chi connectivity index (χ1) is 8.57. The molecule has 1 aromatic heterocycles. The van der Waals surface area contributed by atoms with Crippen molar-refractivity contribution in [3.8, 4) is 0 Å². The van der Waals surface area contributed by atoms with Crippen molar-refractivity contribution in [1.29, 1.82) is 0 Å². The normalized spacial score (nSPS) is 26.9. The van der Waals surface area contributed by atoms with Crippen LogP contribution in [0.15, 0.2) is 35.1 Å². The zero-order chi connectivity index (χ0) is 12.8. The van der Waals surface area contributed by atoms with Gasteiger partial charge in [0, 0.05) is 23.6 Å². The fourth-order valence-electron chi connectivity index (χ4n) is 2.88. The highest BCUT2D eigenvalue weighted by atomic mass is 16.3. The van der Waals surface area contributed by atoms with E-state index >= 15 is 0 Å². The minimum absolute atomic E-state index is 0.0417. The van der Waals surface area contributed by atoms with Gasteiger partial charge in [0.05, 0.1) is 5.60 Å². The van der Waals surface area contributed by atoms with Gasteiger partial charge in [-0.05, 0) is 18.9 Å². The summed E-state index contributed by atoms with van der Waals surface area (Å²) in [6.45, 7) is 1.82. The van der Waals surface area contributed by atoms with E-state index in [1.165, 1.54) is 0 Å². The Morgan fingerprint density at radius 1 is 1.28 bits per heavy atom. The maximum absolute atomic E-state index is 11.9. The van der Waals surface area contributed by atoms with Gasteiger partial charge >= 0.3 is 0 Å². The zero-order valence-corrected chi connectivity index (χ0v) is 10.2. The van der Waals surface area contributed by atoms with E-state index in [1.54, 1.807) is 0 Å². The summed E-state index contributed by atoms with van der Waals surface area (Å²) < 4.78 is 0. The molecule has 0 saturated heterocycles. The minimum atomic E-state index is -0.779. The lowest BCUT2D eigenvalue weighted by Gasteiger charge is -2.33. The molecule has 0 aliphatic heterocycles. The number of H-pyrrole nitrogens is 2. The number of fused-ring (bicyclic) bond motifs is 1.